The zero-order chi connectivity index (χ0) is 16.8. The van der Waals surface area contributed by atoms with Crippen LogP contribution in [0.4, 0.5) is 0 Å². The minimum absolute atomic E-state index is 0.428. The third-order valence-corrected chi connectivity index (χ3v) is 3.74. The van der Waals surface area contributed by atoms with Crippen molar-refractivity contribution in [3.63, 3.8) is 0 Å². The molecule has 0 aliphatic rings. The van der Waals surface area contributed by atoms with E-state index in [9.17, 15) is 4.79 Å². The van der Waals surface area contributed by atoms with Crippen molar-refractivity contribution in [1.82, 2.24) is 0 Å². The Kier molecular flexibility index (Phi) is 4.92. The molecule has 0 unspecified atom stereocenters. The number of rotatable bonds is 6. The molecule has 0 atom stereocenters. The summed E-state index contributed by atoms with van der Waals surface area (Å²) in [4.78, 5) is 11.3. The molecule has 0 spiro atoms. The smallest absolute Gasteiger partial charge is 0.169 e. The van der Waals surface area contributed by atoms with Crippen molar-refractivity contribution in [1.29, 1.82) is 0 Å². The molecule has 3 aromatic carbocycles. The summed E-state index contributed by atoms with van der Waals surface area (Å²) in [7, 11) is 1.58. The standard InChI is InChI=1S/C21H18O3/c1-23-20-13-17(14-22)12-19(18-10-6-3-7-11-18)21(20)24-15-16-8-4-2-5-9-16/h2-14H,15H2,1H3. The van der Waals surface area contributed by atoms with E-state index in [0.717, 1.165) is 23.0 Å². The van der Waals surface area contributed by atoms with Gasteiger partial charge in [0, 0.05) is 11.1 Å². The Hall–Kier alpha value is -3.07. The molecule has 0 heterocycles. The lowest BCUT2D eigenvalue weighted by atomic mass is 10.0. The molecule has 3 aromatic rings. The van der Waals surface area contributed by atoms with Crippen LogP contribution in [0.25, 0.3) is 11.1 Å². The molecule has 0 fully saturated rings. The Morgan fingerprint density at radius 1 is 0.917 bits per heavy atom. The summed E-state index contributed by atoms with van der Waals surface area (Å²) in [5, 5.41) is 0. The van der Waals surface area contributed by atoms with Gasteiger partial charge >= 0.3 is 0 Å². The Balaban J connectivity index is 2.03. The van der Waals surface area contributed by atoms with Crippen LogP contribution in [-0.2, 0) is 6.61 Å². The predicted octanol–water partition coefficient (Wildman–Crippen LogP) is 4.75. The molecule has 0 aliphatic heterocycles. The second-order valence-electron chi connectivity index (χ2n) is 5.36. The van der Waals surface area contributed by atoms with Gasteiger partial charge < -0.3 is 9.47 Å². The summed E-state index contributed by atoms with van der Waals surface area (Å²) in [6.07, 6.45) is 0.815. The minimum Gasteiger partial charge on any atom is -0.493 e. The molecule has 3 rings (SSSR count). The van der Waals surface area contributed by atoms with Crippen molar-refractivity contribution in [2.75, 3.05) is 7.11 Å². The molecular weight excluding hydrogens is 300 g/mol. The van der Waals surface area contributed by atoms with Gasteiger partial charge in [-0.25, -0.2) is 0 Å². The van der Waals surface area contributed by atoms with Crippen LogP contribution in [0.5, 0.6) is 11.5 Å². The molecule has 3 nitrogen and oxygen atoms in total. The van der Waals surface area contributed by atoms with Crippen molar-refractivity contribution in [2.45, 2.75) is 6.61 Å². The van der Waals surface area contributed by atoms with Crippen molar-refractivity contribution in [3.8, 4) is 22.6 Å². The van der Waals surface area contributed by atoms with Crippen LogP contribution >= 0.6 is 0 Å². The normalized spacial score (nSPS) is 10.2. The van der Waals surface area contributed by atoms with E-state index in [1.807, 2.05) is 66.7 Å². The molecule has 0 amide bonds. The second kappa shape index (κ2) is 7.47. The molecular formula is C21H18O3. The summed E-state index contributed by atoms with van der Waals surface area (Å²) in [5.74, 6) is 1.19. The highest BCUT2D eigenvalue weighted by Crippen LogP contribution is 2.39. The molecule has 0 saturated carbocycles. The lowest BCUT2D eigenvalue weighted by molar-refractivity contribution is 0.112. The Bertz CT molecular complexity index is 811. The van der Waals surface area contributed by atoms with Gasteiger partial charge in [0.25, 0.3) is 0 Å². The first-order chi connectivity index (χ1) is 11.8. The average Bonchev–Trinajstić information content (AvgIpc) is 2.67. The molecule has 24 heavy (non-hydrogen) atoms. The van der Waals surface area contributed by atoms with Gasteiger partial charge in [-0.3, -0.25) is 4.79 Å². The van der Waals surface area contributed by atoms with Crippen LogP contribution in [0.3, 0.4) is 0 Å². The number of carbonyl (C=O) groups is 1. The number of aldehydes is 1. The Labute approximate surface area is 141 Å². The van der Waals surface area contributed by atoms with E-state index in [-0.39, 0.29) is 0 Å². The third kappa shape index (κ3) is 3.46. The maximum Gasteiger partial charge on any atom is 0.169 e. The molecule has 0 radical (unpaired) electrons. The van der Waals surface area contributed by atoms with Crippen LogP contribution in [0.2, 0.25) is 0 Å². The first kappa shape index (κ1) is 15.8. The largest absolute Gasteiger partial charge is 0.493 e. The maximum atomic E-state index is 11.3. The van der Waals surface area contributed by atoms with Gasteiger partial charge in [0.15, 0.2) is 11.5 Å². The average molecular weight is 318 g/mol. The van der Waals surface area contributed by atoms with E-state index in [2.05, 4.69) is 0 Å². The van der Waals surface area contributed by atoms with Crippen LogP contribution in [-0.4, -0.2) is 13.4 Å². The maximum absolute atomic E-state index is 11.3. The topological polar surface area (TPSA) is 35.5 Å². The van der Waals surface area contributed by atoms with Gasteiger partial charge in [-0.1, -0.05) is 60.7 Å². The molecule has 0 bridgehead atoms. The fourth-order valence-corrected chi connectivity index (χ4v) is 2.55. The van der Waals surface area contributed by atoms with Crippen LogP contribution < -0.4 is 9.47 Å². The van der Waals surface area contributed by atoms with E-state index >= 15 is 0 Å². The number of hydrogen-bond donors (Lipinski definition) is 0. The number of benzene rings is 3. The first-order valence-electron chi connectivity index (χ1n) is 7.71. The van der Waals surface area contributed by atoms with Gasteiger partial charge in [0.1, 0.15) is 12.9 Å². The lowest BCUT2D eigenvalue weighted by Gasteiger charge is -2.16. The summed E-state index contributed by atoms with van der Waals surface area (Å²) in [6, 6.07) is 23.3. The third-order valence-electron chi connectivity index (χ3n) is 3.74. The quantitative estimate of drug-likeness (QED) is 0.615. The SMILES string of the molecule is COc1cc(C=O)cc(-c2ccccc2)c1OCc1ccccc1. The highest BCUT2D eigenvalue weighted by molar-refractivity contribution is 5.84. The summed E-state index contributed by atoms with van der Waals surface area (Å²) in [5.41, 5.74) is 3.44. The molecule has 0 saturated heterocycles. The van der Waals surface area contributed by atoms with Gasteiger partial charge in [-0.15, -0.1) is 0 Å². The fraction of sp³-hybridized carbons (Fsp3) is 0.0952. The van der Waals surface area contributed by atoms with Gasteiger partial charge in [0.05, 0.1) is 7.11 Å². The van der Waals surface area contributed by atoms with Crippen LogP contribution in [0.1, 0.15) is 15.9 Å². The monoisotopic (exact) mass is 318 g/mol. The van der Waals surface area contributed by atoms with E-state index in [4.69, 9.17) is 9.47 Å². The van der Waals surface area contributed by atoms with Gasteiger partial charge in [-0.05, 0) is 23.3 Å². The summed E-state index contributed by atoms with van der Waals surface area (Å²) >= 11 is 0. The number of methoxy groups -OCH3 is 1. The summed E-state index contributed by atoms with van der Waals surface area (Å²) < 4.78 is 11.5. The molecule has 0 aromatic heterocycles. The van der Waals surface area contributed by atoms with E-state index in [1.54, 1.807) is 13.2 Å². The highest BCUT2D eigenvalue weighted by atomic mass is 16.5. The predicted molar refractivity (Wildman–Crippen MR) is 94.6 cm³/mol. The lowest BCUT2D eigenvalue weighted by Crippen LogP contribution is -2.00. The second-order valence-corrected chi connectivity index (χ2v) is 5.36. The van der Waals surface area contributed by atoms with Crippen molar-refractivity contribution < 1.29 is 14.3 Å². The molecule has 3 heteroatoms. The van der Waals surface area contributed by atoms with Crippen LogP contribution in [0.15, 0.2) is 72.8 Å². The van der Waals surface area contributed by atoms with Gasteiger partial charge in [-0.2, -0.15) is 0 Å². The zero-order valence-corrected chi connectivity index (χ0v) is 13.4. The van der Waals surface area contributed by atoms with E-state index in [1.165, 1.54) is 0 Å². The van der Waals surface area contributed by atoms with Gasteiger partial charge in [0.2, 0.25) is 0 Å². The van der Waals surface area contributed by atoms with Crippen molar-refractivity contribution in [3.05, 3.63) is 83.9 Å². The van der Waals surface area contributed by atoms with E-state index < -0.39 is 0 Å². The Morgan fingerprint density at radius 2 is 1.58 bits per heavy atom. The number of hydrogen-bond acceptors (Lipinski definition) is 3. The van der Waals surface area contributed by atoms with E-state index in [0.29, 0.717) is 23.7 Å². The van der Waals surface area contributed by atoms with Crippen molar-refractivity contribution >= 4 is 6.29 Å². The number of ether oxygens (including phenoxy) is 2. The van der Waals surface area contributed by atoms with Crippen molar-refractivity contribution in [2.24, 2.45) is 0 Å². The highest BCUT2D eigenvalue weighted by Gasteiger charge is 2.15. The Morgan fingerprint density at radius 3 is 2.21 bits per heavy atom. The molecule has 120 valence electrons. The molecule has 0 aliphatic carbocycles. The number of carbonyl (C=O) groups excluding carboxylic acids is 1. The first-order valence-corrected chi connectivity index (χ1v) is 7.71. The fourth-order valence-electron chi connectivity index (χ4n) is 2.55. The zero-order valence-electron chi connectivity index (χ0n) is 13.4. The molecule has 0 N–H and O–H groups in total. The minimum atomic E-state index is 0.428. The van der Waals surface area contributed by atoms with Crippen LogP contribution in [0, 0.1) is 0 Å². The summed E-state index contributed by atoms with van der Waals surface area (Å²) in [6.45, 7) is 0.428.